The normalized spacial score (nSPS) is 17.1. The number of nitrogens with zero attached hydrogens (tertiary/aromatic N) is 1. The number of hydrogen-bond acceptors (Lipinski definition) is 2. The Morgan fingerprint density at radius 1 is 1.07 bits per heavy atom. The standard InChI is InChI=1S/C25H41NO.CH4/c1-9-10-11-14-26(27-18-19(2)3)17-21-16-23-22(15-20(21)4)24(5,6)12-13-25(23,7)8;/h15-16H,2,9-14,17-18H2,1,3-8H3;1H4. The maximum absolute atomic E-state index is 6.08. The molecule has 0 saturated carbocycles. The monoisotopic (exact) mass is 387 g/mol. The molecular formula is C26H45NO. The lowest BCUT2D eigenvalue weighted by molar-refractivity contribution is -0.158. The van der Waals surface area contributed by atoms with Gasteiger partial charge in [0.15, 0.2) is 0 Å². The van der Waals surface area contributed by atoms with E-state index in [1.807, 2.05) is 6.92 Å². The minimum atomic E-state index is 0. The quantitative estimate of drug-likeness (QED) is 0.247. The van der Waals surface area contributed by atoms with Gasteiger partial charge in [0.1, 0.15) is 0 Å². The third kappa shape index (κ3) is 6.19. The highest BCUT2D eigenvalue weighted by Crippen LogP contribution is 2.46. The van der Waals surface area contributed by atoms with Gasteiger partial charge >= 0.3 is 0 Å². The summed E-state index contributed by atoms with van der Waals surface area (Å²) >= 11 is 0. The number of hydrogen-bond donors (Lipinski definition) is 0. The summed E-state index contributed by atoms with van der Waals surface area (Å²) < 4.78 is 0. The first-order valence-corrected chi connectivity index (χ1v) is 10.7. The van der Waals surface area contributed by atoms with E-state index >= 15 is 0 Å². The maximum Gasteiger partial charge on any atom is 0.0890 e. The zero-order valence-corrected chi connectivity index (χ0v) is 18.9. The average molecular weight is 388 g/mol. The van der Waals surface area contributed by atoms with E-state index in [0.29, 0.717) is 6.61 Å². The Kier molecular flexibility index (Phi) is 8.96. The summed E-state index contributed by atoms with van der Waals surface area (Å²) in [5.41, 5.74) is 7.45. The average Bonchev–Trinajstić information content (AvgIpc) is 2.58. The molecule has 0 N–H and O–H groups in total. The first-order chi connectivity index (χ1) is 12.6. The minimum absolute atomic E-state index is 0. The van der Waals surface area contributed by atoms with E-state index < -0.39 is 0 Å². The second-order valence-electron chi connectivity index (χ2n) is 9.89. The van der Waals surface area contributed by atoms with Crippen molar-refractivity contribution in [3.05, 3.63) is 46.5 Å². The van der Waals surface area contributed by atoms with Crippen LogP contribution in [0.25, 0.3) is 0 Å². The van der Waals surface area contributed by atoms with Crippen LogP contribution < -0.4 is 0 Å². The summed E-state index contributed by atoms with van der Waals surface area (Å²) in [5.74, 6) is 0. The number of aryl methyl sites for hydroxylation is 1. The highest BCUT2D eigenvalue weighted by Gasteiger charge is 2.37. The largest absolute Gasteiger partial charge is 0.294 e. The Labute approximate surface area is 175 Å². The van der Waals surface area contributed by atoms with E-state index in [1.54, 1.807) is 5.56 Å². The van der Waals surface area contributed by atoms with E-state index in [2.05, 4.69) is 65.3 Å². The van der Waals surface area contributed by atoms with Gasteiger partial charge in [0.25, 0.3) is 0 Å². The number of hydroxylamine groups is 2. The fourth-order valence-corrected chi connectivity index (χ4v) is 4.06. The summed E-state index contributed by atoms with van der Waals surface area (Å²) in [4.78, 5) is 6.08. The third-order valence-corrected chi connectivity index (χ3v) is 6.16. The molecule has 1 aliphatic carbocycles. The van der Waals surface area contributed by atoms with E-state index in [4.69, 9.17) is 4.84 Å². The number of rotatable bonds is 9. The first kappa shape index (κ1) is 24.9. The molecule has 1 aromatic carbocycles. The van der Waals surface area contributed by atoms with E-state index in [-0.39, 0.29) is 18.3 Å². The lowest BCUT2D eigenvalue weighted by atomic mass is 9.62. The molecule has 0 amide bonds. The molecule has 160 valence electrons. The predicted molar refractivity (Wildman–Crippen MR) is 124 cm³/mol. The van der Waals surface area contributed by atoms with Crippen LogP contribution in [0.1, 0.15) is 103 Å². The van der Waals surface area contributed by atoms with Crippen molar-refractivity contribution < 1.29 is 4.84 Å². The van der Waals surface area contributed by atoms with Gasteiger partial charge in [-0.3, -0.25) is 4.84 Å². The Balaban J connectivity index is 0.00000392. The lowest BCUT2D eigenvalue weighted by Crippen LogP contribution is -2.34. The molecule has 0 fully saturated rings. The molecule has 2 nitrogen and oxygen atoms in total. The van der Waals surface area contributed by atoms with Gasteiger partial charge in [-0.1, -0.05) is 79.2 Å². The molecule has 0 bridgehead atoms. The van der Waals surface area contributed by atoms with Crippen LogP contribution in [0.15, 0.2) is 24.3 Å². The van der Waals surface area contributed by atoms with Gasteiger partial charge in [-0.2, -0.15) is 5.06 Å². The minimum Gasteiger partial charge on any atom is -0.294 e. The van der Waals surface area contributed by atoms with Crippen LogP contribution in [0.5, 0.6) is 0 Å². The molecule has 0 saturated heterocycles. The fourth-order valence-electron chi connectivity index (χ4n) is 4.06. The van der Waals surface area contributed by atoms with Gasteiger partial charge in [0.2, 0.25) is 0 Å². The van der Waals surface area contributed by atoms with Crippen molar-refractivity contribution in [2.45, 2.75) is 105 Å². The van der Waals surface area contributed by atoms with Crippen molar-refractivity contribution in [3.8, 4) is 0 Å². The predicted octanol–water partition coefficient (Wildman–Crippen LogP) is 7.48. The zero-order valence-electron chi connectivity index (χ0n) is 18.9. The van der Waals surface area contributed by atoms with Crippen molar-refractivity contribution in [1.29, 1.82) is 0 Å². The number of fused-ring (bicyclic) bond motifs is 1. The Morgan fingerprint density at radius 2 is 1.64 bits per heavy atom. The summed E-state index contributed by atoms with van der Waals surface area (Å²) in [6.07, 6.45) is 6.17. The third-order valence-electron chi connectivity index (χ3n) is 6.16. The van der Waals surface area contributed by atoms with Gasteiger partial charge in [0.05, 0.1) is 6.61 Å². The van der Waals surface area contributed by atoms with Gasteiger partial charge in [-0.05, 0) is 66.2 Å². The van der Waals surface area contributed by atoms with Crippen molar-refractivity contribution in [2.75, 3.05) is 13.2 Å². The lowest BCUT2D eigenvalue weighted by Gasteiger charge is -2.42. The topological polar surface area (TPSA) is 12.5 Å². The van der Waals surface area contributed by atoms with E-state index in [0.717, 1.165) is 18.7 Å². The molecule has 1 aliphatic rings. The summed E-state index contributed by atoms with van der Waals surface area (Å²) in [6, 6.07) is 4.93. The van der Waals surface area contributed by atoms with Gasteiger partial charge in [-0.25, -0.2) is 0 Å². The second kappa shape index (κ2) is 10.1. The molecule has 0 aromatic heterocycles. The van der Waals surface area contributed by atoms with Crippen LogP contribution in [0.2, 0.25) is 0 Å². The molecule has 0 unspecified atom stereocenters. The Bertz CT molecular complexity index is 657. The maximum atomic E-state index is 6.08. The molecule has 0 spiro atoms. The van der Waals surface area contributed by atoms with Gasteiger partial charge < -0.3 is 0 Å². The highest BCUT2D eigenvalue weighted by atomic mass is 16.7. The summed E-state index contributed by atoms with van der Waals surface area (Å²) in [6.45, 7) is 22.6. The fraction of sp³-hybridized carbons (Fsp3) is 0.692. The van der Waals surface area contributed by atoms with E-state index in [9.17, 15) is 0 Å². The van der Waals surface area contributed by atoms with Crippen molar-refractivity contribution in [2.24, 2.45) is 0 Å². The molecule has 0 atom stereocenters. The Hall–Kier alpha value is -1.12. The van der Waals surface area contributed by atoms with Crippen LogP contribution in [-0.4, -0.2) is 18.2 Å². The van der Waals surface area contributed by atoms with Crippen LogP contribution in [0.4, 0.5) is 0 Å². The highest BCUT2D eigenvalue weighted by molar-refractivity contribution is 5.46. The number of unbranched alkanes of at least 4 members (excludes halogenated alkanes) is 2. The summed E-state index contributed by atoms with van der Waals surface area (Å²) in [5, 5.41) is 2.15. The summed E-state index contributed by atoms with van der Waals surface area (Å²) in [7, 11) is 0. The number of benzene rings is 1. The van der Waals surface area contributed by atoms with Crippen LogP contribution >= 0.6 is 0 Å². The molecule has 0 heterocycles. The van der Waals surface area contributed by atoms with Crippen molar-refractivity contribution in [3.63, 3.8) is 0 Å². The van der Waals surface area contributed by atoms with Crippen LogP contribution in [-0.2, 0) is 22.2 Å². The molecule has 1 aromatic rings. The van der Waals surface area contributed by atoms with Gasteiger partial charge in [-0.15, -0.1) is 0 Å². The van der Waals surface area contributed by atoms with Gasteiger partial charge in [0, 0.05) is 13.1 Å². The molecular weight excluding hydrogens is 342 g/mol. The molecule has 2 rings (SSSR count). The SMILES string of the molecule is C.C=C(C)CON(CCCCC)Cc1cc2c(cc1C)C(C)(C)CCC2(C)C. The first-order valence-electron chi connectivity index (χ1n) is 10.7. The molecule has 0 aliphatic heterocycles. The van der Waals surface area contributed by atoms with Crippen LogP contribution in [0.3, 0.4) is 0 Å². The smallest absolute Gasteiger partial charge is 0.0890 e. The molecule has 0 radical (unpaired) electrons. The van der Waals surface area contributed by atoms with Crippen LogP contribution in [0, 0.1) is 6.92 Å². The van der Waals surface area contributed by atoms with Crippen molar-refractivity contribution >= 4 is 0 Å². The second-order valence-corrected chi connectivity index (χ2v) is 9.89. The molecule has 28 heavy (non-hydrogen) atoms. The zero-order chi connectivity index (χ0) is 20.2. The molecule has 2 heteroatoms. The van der Waals surface area contributed by atoms with Crippen molar-refractivity contribution in [1.82, 2.24) is 5.06 Å². The van der Waals surface area contributed by atoms with E-state index in [1.165, 1.54) is 48.8 Å². The Morgan fingerprint density at radius 3 is 2.18 bits per heavy atom.